The van der Waals surface area contributed by atoms with E-state index in [-0.39, 0.29) is 30.1 Å². The van der Waals surface area contributed by atoms with Crippen molar-refractivity contribution < 1.29 is 43.1 Å². The summed E-state index contributed by atoms with van der Waals surface area (Å²) in [6.07, 6.45) is 2.06. The molecule has 3 heterocycles. The lowest BCUT2D eigenvalue weighted by Crippen LogP contribution is -3.00. The van der Waals surface area contributed by atoms with Crippen molar-refractivity contribution in [3.05, 3.63) is 71.8 Å². The molecule has 2 aromatic carbocycles. The number of benzene rings is 2. The third-order valence-electron chi connectivity index (χ3n) is 6.16. The number of ether oxygens (including phenoxy) is 1. The maximum Gasteiger partial charge on any atom is 0.348 e. The summed E-state index contributed by atoms with van der Waals surface area (Å²) in [4.78, 5) is 13.2. The van der Waals surface area contributed by atoms with Crippen LogP contribution in [0.2, 0.25) is 0 Å². The summed E-state index contributed by atoms with van der Waals surface area (Å²) < 4.78 is 6.92. The minimum absolute atomic E-state index is 0. The highest BCUT2D eigenvalue weighted by Gasteiger charge is 2.49. The third kappa shape index (κ3) is 3.77. The first kappa shape index (κ1) is 20.3. The Labute approximate surface area is 177 Å². The molecule has 0 aliphatic carbocycles. The number of likely N-dealkylation sites (N-methyl/N-ethyl adjacent to an activating group) is 1. The van der Waals surface area contributed by atoms with Gasteiger partial charge in [-0.05, 0) is 11.1 Å². The van der Waals surface area contributed by atoms with Gasteiger partial charge in [0.15, 0.2) is 6.10 Å². The molecule has 1 unspecified atom stereocenters. The summed E-state index contributed by atoms with van der Waals surface area (Å²) in [7, 11) is 2.23. The van der Waals surface area contributed by atoms with E-state index in [1.165, 1.54) is 0 Å². The smallest absolute Gasteiger partial charge is 0.348 e. The van der Waals surface area contributed by atoms with Crippen LogP contribution in [0.5, 0.6) is 0 Å². The lowest BCUT2D eigenvalue weighted by Gasteiger charge is -2.50. The third-order valence-corrected chi connectivity index (χ3v) is 6.16. The molecule has 2 bridgehead atoms. The number of fused-ring (bicyclic) bond motifs is 3. The molecule has 0 saturated carbocycles. The molecule has 0 radical (unpaired) electrons. The number of piperidine rings is 3. The van der Waals surface area contributed by atoms with Gasteiger partial charge in [0.2, 0.25) is 5.60 Å². The van der Waals surface area contributed by atoms with Crippen LogP contribution < -0.4 is 24.0 Å². The zero-order valence-electron chi connectivity index (χ0n) is 15.6. The summed E-state index contributed by atoms with van der Waals surface area (Å²) in [5.74, 6) is -0.157. The summed E-state index contributed by atoms with van der Waals surface area (Å²) in [5.41, 5.74) is -0.705. The first-order chi connectivity index (χ1) is 12.5. The predicted molar refractivity (Wildman–Crippen MR) is 99.3 cm³/mol. The van der Waals surface area contributed by atoms with Crippen LogP contribution in [0.25, 0.3) is 0 Å². The maximum atomic E-state index is 13.2. The van der Waals surface area contributed by atoms with Gasteiger partial charge in [-0.3, -0.25) is 0 Å². The van der Waals surface area contributed by atoms with Crippen LogP contribution in [-0.2, 0) is 15.1 Å². The van der Waals surface area contributed by atoms with E-state index < -0.39 is 11.6 Å². The minimum atomic E-state index is -1.78. The van der Waals surface area contributed by atoms with Crippen LogP contribution in [0.1, 0.15) is 24.0 Å². The summed E-state index contributed by atoms with van der Waals surface area (Å²) in [6, 6.07) is 18.2. The molecule has 3 aliphatic rings. The molecule has 5 rings (SSSR count). The van der Waals surface area contributed by atoms with Crippen LogP contribution in [-0.4, -0.2) is 48.3 Å². The van der Waals surface area contributed by atoms with Crippen LogP contribution in [0.4, 0.5) is 0 Å². The number of nitrogens with zero attached hydrogens (tertiary/aromatic N) is 1. The van der Waals surface area contributed by atoms with Gasteiger partial charge < -0.3 is 38.3 Å². The van der Waals surface area contributed by atoms with E-state index >= 15 is 0 Å². The van der Waals surface area contributed by atoms with Gasteiger partial charge in [0.1, 0.15) is 6.54 Å². The number of carbonyl (C=O) groups excluding carboxylic acids is 1. The Balaban J connectivity index is 0.00000210. The molecule has 2 aromatic rings. The summed E-state index contributed by atoms with van der Waals surface area (Å²) >= 11 is 0. The number of rotatable bonds is 4. The van der Waals surface area contributed by atoms with Gasteiger partial charge in [0.05, 0.1) is 20.1 Å². The van der Waals surface area contributed by atoms with E-state index in [0.717, 1.165) is 37.0 Å². The molecule has 5 heteroatoms. The van der Waals surface area contributed by atoms with Crippen LogP contribution >= 0.6 is 0 Å². The average Bonchev–Trinajstić information content (AvgIpc) is 2.69. The topological polar surface area (TPSA) is 46.5 Å². The van der Waals surface area contributed by atoms with Crippen molar-refractivity contribution in [3.63, 3.8) is 0 Å². The number of esters is 1. The number of quaternary nitrogens is 1. The largest absolute Gasteiger partial charge is 1.00 e. The normalized spacial score (nSPS) is 26.9. The number of hydrogen-bond acceptors (Lipinski definition) is 3. The van der Waals surface area contributed by atoms with Gasteiger partial charge in [-0.1, -0.05) is 60.7 Å². The Morgan fingerprint density at radius 3 is 1.93 bits per heavy atom. The van der Waals surface area contributed by atoms with Crippen molar-refractivity contribution in [2.45, 2.75) is 24.5 Å². The lowest BCUT2D eigenvalue weighted by atomic mass is 9.81. The van der Waals surface area contributed by atoms with Crippen molar-refractivity contribution in [1.82, 2.24) is 0 Å². The van der Waals surface area contributed by atoms with Gasteiger partial charge in [-0.15, -0.1) is 0 Å². The first-order valence-corrected chi connectivity index (χ1v) is 9.39. The fraction of sp³-hybridized carbons (Fsp3) is 0.409. The highest BCUT2D eigenvalue weighted by Crippen LogP contribution is 2.37. The van der Waals surface area contributed by atoms with Crippen molar-refractivity contribution in [1.29, 1.82) is 0 Å². The summed E-state index contributed by atoms with van der Waals surface area (Å²) in [6.45, 7) is 3.15. The SMILES string of the molecule is [11CH3][N+]12CCC(CC1)C(OC(=O)C(O)(c1ccccc1)c1ccccc1)C2.[I-]. The number of carbonyl (C=O) groups is 1. The fourth-order valence-corrected chi connectivity index (χ4v) is 4.47. The molecule has 3 aliphatic heterocycles. The van der Waals surface area contributed by atoms with Crippen LogP contribution in [0, 0.1) is 5.92 Å². The molecule has 0 aromatic heterocycles. The molecular formula is C22H26INO3. The molecule has 0 spiro atoms. The molecular weight excluding hydrogens is 452 g/mol. The number of aliphatic hydroxyl groups is 1. The van der Waals surface area contributed by atoms with Crippen molar-refractivity contribution in [2.75, 3.05) is 26.7 Å². The van der Waals surface area contributed by atoms with E-state index in [4.69, 9.17) is 4.74 Å². The van der Waals surface area contributed by atoms with Gasteiger partial charge in [0.25, 0.3) is 0 Å². The minimum Gasteiger partial charge on any atom is -1.00 e. The van der Waals surface area contributed by atoms with Crippen LogP contribution in [0.3, 0.4) is 0 Å². The van der Waals surface area contributed by atoms with Gasteiger partial charge in [0, 0.05) is 18.8 Å². The molecule has 0 amide bonds. The second kappa shape index (κ2) is 7.89. The second-order valence-electron chi connectivity index (χ2n) is 7.97. The molecule has 27 heavy (non-hydrogen) atoms. The molecule has 3 fully saturated rings. The molecule has 1 N–H and O–H groups in total. The monoisotopic (exact) mass is 478 g/mol. The lowest BCUT2D eigenvalue weighted by molar-refractivity contribution is -0.928. The molecule has 144 valence electrons. The standard InChI is InChI=1S/C22H26NO3.HI/c1-23-14-12-17(13-15-23)20(16-23)26-21(24)22(25,18-8-4-2-5-9-18)19-10-6-3-7-11-19;/h2-11,17,20,25H,12-16H2,1H3;1H/q+1;/p-1/i1-1;. The maximum absolute atomic E-state index is 13.2. The molecule has 1 atom stereocenters. The van der Waals surface area contributed by atoms with E-state index in [0.29, 0.717) is 17.0 Å². The highest BCUT2D eigenvalue weighted by molar-refractivity contribution is 5.85. The number of halogens is 1. The van der Waals surface area contributed by atoms with Gasteiger partial charge >= 0.3 is 5.97 Å². The Morgan fingerprint density at radius 2 is 1.48 bits per heavy atom. The van der Waals surface area contributed by atoms with Gasteiger partial charge in [-0.2, -0.15) is 0 Å². The average molecular weight is 478 g/mol. The zero-order chi connectivity index (χ0) is 18.2. The zero-order valence-corrected chi connectivity index (χ0v) is 17.7. The quantitative estimate of drug-likeness (QED) is 0.374. The highest BCUT2D eigenvalue weighted by atomic mass is 127. The molecule has 3 saturated heterocycles. The predicted octanol–water partition coefficient (Wildman–Crippen LogP) is -0.291. The summed E-state index contributed by atoms with van der Waals surface area (Å²) in [5, 5.41) is 11.5. The Bertz CT molecular complexity index is 733. The van der Waals surface area contributed by atoms with E-state index in [1.54, 1.807) is 24.3 Å². The van der Waals surface area contributed by atoms with Gasteiger partial charge in [-0.25, -0.2) is 4.79 Å². The Hall–Kier alpha value is -1.44. The fourth-order valence-electron chi connectivity index (χ4n) is 4.47. The number of hydrogen-bond donors (Lipinski definition) is 1. The van der Waals surface area contributed by atoms with Crippen LogP contribution in [0.15, 0.2) is 60.7 Å². The first-order valence-electron chi connectivity index (χ1n) is 9.39. The molecule has 4 nitrogen and oxygen atoms in total. The van der Waals surface area contributed by atoms with E-state index in [9.17, 15) is 9.90 Å². The van der Waals surface area contributed by atoms with Crippen molar-refractivity contribution in [2.24, 2.45) is 5.92 Å². The second-order valence-corrected chi connectivity index (χ2v) is 7.97. The van der Waals surface area contributed by atoms with E-state index in [2.05, 4.69) is 7.05 Å². The Morgan fingerprint density at radius 1 is 1.00 bits per heavy atom. The van der Waals surface area contributed by atoms with Crippen molar-refractivity contribution in [3.8, 4) is 0 Å². The van der Waals surface area contributed by atoms with E-state index in [1.807, 2.05) is 36.4 Å². The Kier molecular flexibility index (Phi) is 5.93. The van der Waals surface area contributed by atoms with Crippen molar-refractivity contribution >= 4 is 5.97 Å².